The molecule has 0 aliphatic carbocycles. The van der Waals surface area contributed by atoms with Gasteiger partial charge in [0, 0.05) is 38.5 Å². The number of hydrogen-bond donors (Lipinski definition) is 0. The van der Waals surface area contributed by atoms with E-state index in [9.17, 15) is 9.59 Å². The number of likely N-dealkylation sites (tertiary alicyclic amines) is 2. The molecule has 2 aliphatic rings. The Bertz CT molecular complexity index is 1020. The monoisotopic (exact) mass is 419 g/mol. The molecule has 6 heteroatoms. The Morgan fingerprint density at radius 1 is 1.03 bits per heavy atom. The fraction of sp³-hybridized carbons (Fsp3) is 0.375. The molecular formula is C24H25N3O2S. The maximum Gasteiger partial charge on any atom is 0.227 e. The summed E-state index contributed by atoms with van der Waals surface area (Å²) in [7, 11) is 0. The fourth-order valence-corrected chi connectivity index (χ4v) is 5.70. The van der Waals surface area contributed by atoms with Gasteiger partial charge in [0.1, 0.15) is 0 Å². The van der Waals surface area contributed by atoms with Crippen LogP contribution in [-0.4, -0.2) is 46.2 Å². The SMILES string of the molecule is O=C1CC(C(=O)N2CCC(c3nc4ccccc4s3)CC2)CN1Cc1ccccc1. The van der Waals surface area contributed by atoms with E-state index in [1.807, 2.05) is 46.2 Å². The van der Waals surface area contributed by atoms with Crippen molar-refractivity contribution in [2.45, 2.75) is 31.7 Å². The molecule has 0 N–H and O–H groups in total. The Balaban J connectivity index is 1.18. The zero-order valence-electron chi connectivity index (χ0n) is 16.9. The van der Waals surface area contributed by atoms with Crippen molar-refractivity contribution in [2.24, 2.45) is 5.92 Å². The molecule has 3 heterocycles. The minimum absolute atomic E-state index is 0.0848. The summed E-state index contributed by atoms with van der Waals surface area (Å²) in [5, 5.41) is 1.19. The van der Waals surface area contributed by atoms with Crippen molar-refractivity contribution in [3.05, 3.63) is 65.2 Å². The Kier molecular flexibility index (Phi) is 5.25. The lowest BCUT2D eigenvalue weighted by atomic mass is 9.96. The van der Waals surface area contributed by atoms with Crippen LogP contribution < -0.4 is 0 Å². The maximum atomic E-state index is 13.1. The maximum absolute atomic E-state index is 13.1. The Labute approximate surface area is 180 Å². The molecule has 0 saturated carbocycles. The predicted molar refractivity (Wildman–Crippen MR) is 118 cm³/mol. The first-order valence-electron chi connectivity index (χ1n) is 10.6. The van der Waals surface area contributed by atoms with Gasteiger partial charge in [0.05, 0.1) is 21.1 Å². The highest BCUT2D eigenvalue weighted by atomic mass is 32.1. The lowest BCUT2D eigenvalue weighted by molar-refractivity contribution is -0.136. The largest absolute Gasteiger partial charge is 0.342 e. The third kappa shape index (κ3) is 3.84. The van der Waals surface area contributed by atoms with E-state index in [1.165, 1.54) is 9.71 Å². The molecule has 2 aromatic carbocycles. The van der Waals surface area contributed by atoms with Crippen LogP contribution in [0.5, 0.6) is 0 Å². The lowest BCUT2D eigenvalue weighted by Crippen LogP contribution is -2.42. The van der Waals surface area contributed by atoms with Crippen LogP contribution in [0.4, 0.5) is 0 Å². The first kappa shape index (κ1) is 19.2. The highest BCUT2D eigenvalue weighted by Crippen LogP contribution is 2.34. The van der Waals surface area contributed by atoms with Crippen molar-refractivity contribution in [2.75, 3.05) is 19.6 Å². The minimum atomic E-state index is -0.208. The summed E-state index contributed by atoms with van der Waals surface area (Å²) in [6, 6.07) is 18.2. The number of amides is 2. The number of piperidine rings is 1. The molecule has 30 heavy (non-hydrogen) atoms. The fourth-order valence-electron chi connectivity index (χ4n) is 4.56. The average Bonchev–Trinajstić information content (AvgIpc) is 3.38. The van der Waals surface area contributed by atoms with Crippen molar-refractivity contribution < 1.29 is 9.59 Å². The van der Waals surface area contributed by atoms with Gasteiger partial charge in [-0.15, -0.1) is 11.3 Å². The summed E-state index contributed by atoms with van der Waals surface area (Å²) in [4.78, 5) is 34.1. The van der Waals surface area contributed by atoms with Crippen LogP contribution >= 0.6 is 11.3 Å². The van der Waals surface area contributed by atoms with Gasteiger partial charge in [0.2, 0.25) is 11.8 Å². The molecule has 2 amide bonds. The second-order valence-corrected chi connectivity index (χ2v) is 9.34. The summed E-state index contributed by atoms with van der Waals surface area (Å²) in [6.45, 7) is 2.62. The van der Waals surface area contributed by atoms with Gasteiger partial charge < -0.3 is 9.80 Å². The summed E-state index contributed by atoms with van der Waals surface area (Å²) >= 11 is 1.77. The molecule has 0 radical (unpaired) electrons. The molecule has 0 spiro atoms. The third-order valence-corrected chi connectivity index (χ3v) is 7.45. The number of rotatable bonds is 4. The molecule has 154 valence electrons. The molecule has 3 aromatic rings. The molecule has 5 nitrogen and oxygen atoms in total. The number of hydrogen-bond acceptors (Lipinski definition) is 4. The van der Waals surface area contributed by atoms with E-state index in [2.05, 4.69) is 18.2 Å². The van der Waals surface area contributed by atoms with Crippen LogP contribution in [-0.2, 0) is 16.1 Å². The van der Waals surface area contributed by atoms with E-state index in [1.54, 1.807) is 11.3 Å². The number of fused-ring (bicyclic) bond motifs is 1. The van der Waals surface area contributed by atoms with Crippen molar-refractivity contribution in [1.29, 1.82) is 0 Å². The molecule has 2 aliphatic heterocycles. The highest BCUT2D eigenvalue weighted by Gasteiger charge is 2.37. The van der Waals surface area contributed by atoms with Gasteiger partial charge in [-0.3, -0.25) is 9.59 Å². The number of carbonyl (C=O) groups excluding carboxylic acids is 2. The van der Waals surface area contributed by atoms with Gasteiger partial charge in [-0.1, -0.05) is 42.5 Å². The normalized spacial score (nSPS) is 20.3. The van der Waals surface area contributed by atoms with E-state index >= 15 is 0 Å². The quantitative estimate of drug-likeness (QED) is 0.641. The summed E-state index contributed by atoms with van der Waals surface area (Å²) in [6.07, 6.45) is 2.23. The van der Waals surface area contributed by atoms with Crippen LogP contribution in [0, 0.1) is 5.92 Å². The van der Waals surface area contributed by atoms with Crippen LogP contribution in [0.25, 0.3) is 10.2 Å². The second kappa shape index (κ2) is 8.19. The molecular weight excluding hydrogens is 394 g/mol. The number of benzene rings is 2. The van der Waals surface area contributed by atoms with Gasteiger partial charge in [0.25, 0.3) is 0 Å². The molecule has 5 rings (SSSR count). The first-order chi connectivity index (χ1) is 14.7. The average molecular weight is 420 g/mol. The zero-order valence-corrected chi connectivity index (χ0v) is 17.7. The van der Waals surface area contributed by atoms with Gasteiger partial charge in [-0.2, -0.15) is 0 Å². The standard InChI is InChI=1S/C24H25N3O2S/c28-22-14-19(16-27(22)15-17-6-2-1-3-7-17)24(29)26-12-10-18(11-13-26)23-25-20-8-4-5-9-21(20)30-23/h1-9,18-19H,10-16H2. The zero-order chi connectivity index (χ0) is 20.5. The number of aromatic nitrogens is 1. The van der Waals surface area contributed by atoms with Gasteiger partial charge in [-0.05, 0) is 30.5 Å². The summed E-state index contributed by atoms with van der Waals surface area (Å²) in [5.41, 5.74) is 2.18. The van der Waals surface area contributed by atoms with E-state index in [0.29, 0.717) is 25.4 Å². The van der Waals surface area contributed by atoms with E-state index in [-0.39, 0.29) is 17.7 Å². The lowest BCUT2D eigenvalue weighted by Gasteiger charge is -2.32. The van der Waals surface area contributed by atoms with Crippen LogP contribution in [0.15, 0.2) is 54.6 Å². The Morgan fingerprint density at radius 3 is 2.53 bits per heavy atom. The molecule has 1 aromatic heterocycles. The number of thiazole rings is 1. The molecule has 2 fully saturated rings. The molecule has 1 unspecified atom stereocenters. The molecule has 2 saturated heterocycles. The van der Waals surface area contributed by atoms with E-state index in [4.69, 9.17) is 4.98 Å². The molecule has 0 bridgehead atoms. The second-order valence-electron chi connectivity index (χ2n) is 8.28. The number of nitrogens with zero attached hydrogens (tertiary/aromatic N) is 3. The molecule has 1 atom stereocenters. The van der Waals surface area contributed by atoms with Crippen LogP contribution in [0.2, 0.25) is 0 Å². The summed E-state index contributed by atoms with van der Waals surface area (Å²) in [5.74, 6) is 0.440. The minimum Gasteiger partial charge on any atom is -0.342 e. The topological polar surface area (TPSA) is 53.5 Å². The van der Waals surface area contributed by atoms with Crippen molar-refractivity contribution in [3.8, 4) is 0 Å². The van der Waals surface area contributed by atoms with Crippen molar-refractivity contribution in [1.82, 2.24) is 14.8 Å². The predicted octanol–water partition coefficient (Wildman–Crippen LogP) is 4.05. The van der Waals surface area contributed by atoms with Gasteiger partial charge >= 0.3 is 0 Å². The van der Waals surface area contributed by atoms with Gasteiger partial charge in [-0.25, -0.2) is 4.98 Å². The third-order valence-electron chi connectivity index (χ3n) is 6.25. The van der Waals surface area contributed by atoms with E-state index in [0.717, 1.165) is 37.0 Å². The Morgan fingerprint density at radius 2 is 1.77 bits per heavy atom. The van der Waals surface area contributed by atoms with E-state index < -0.39 is 0 Å². The van der Waals surface area contributed by atoms with Gasteiger partial charge in [0.15, 0.2) is 0 Å². The summed E-state index contributed by atoms with van der Waals surface area (Å²) < 4.78 is 1.23. The smallest absolute Gasteiger partial charge is 0.227 e. The number of para-hydroxylation sites is 1. The Hall–Kier alpha value is -2.73. The van der Waals surface area contributed by atoms with Crippen LogP contribution in [0.3, 0.4) is 0 Å². The van der Waals surface area contributed by atoms with Crippen molar-refractivity contribution >= 4 is 33.4 Å². The van der Waals surface area contributed by atoms with Crippen molar-refractivity contribution in [3.63, 3.8) is 0 Å². The first-order valence-corrected chi connectivity index (χ1v) is 11.4. The number of carbonyl (C=O) groups is 2. The highest BCUT2D eigenvalue weighted by molar-refractivity contribution is 7.18. The van der Waals surface area contributed by atoms with Crippen LogP contribution in [0.1, 0.15) is 35.8 Å².